The molecule has 0 bridgehead atoms. The van der Waals surface area contributed by atoms with Crippen LogP contribution in [0.3, 0.4) is 0 Å². The fraction of sp³-hybridized carbons (Fsp3) is 0.750. The third-order valence-electron chi connectivity index (χ3n) is 5.80. The monoisotopic (exact) mass is 404 g/mol. The number of rotatable bonds is 5. The number of hydrogen-bond acceptors (Lipinski definition) is 6. The van der Waals surface area contributed by atoms with Crippen LogP contribution in [-0.2, 0) is 4.74 Å². The Hall–Kier alpha value is -1.67. The predicted octanol–water partition coefficient (Wildman–Crippen LogP) is 2.92. The zero-order valence-corrected chi connectivity index (χ0v) is 17.5. The Morgan fingerprint density at radius 2 is 1.57 bits per heavy atom. The molecule has 3 aliphatic heterocycles. The molecule has 3 saturated heterocycles. The number of anilines is 3. The molecule has 0 saturated carbocycles. The Kier molecular flexibility index (Phi) is 6.80. The number of hydrogen-bond donors (Lipinski definition) is 2. The summed E-state index contributed by atoms with van der Waals surface area (Å²) in [6.45, 7) is 5.85. The lowest BCUT2D eigenvalue weighted by molar-refractivity contribution is 0.114. The largest absolute Gasteiger partial charge is 0.376 e. The highest BCUT2D eigenvalue weighted by Crippen LogP contribution is 2.26. The minimum absolute atomic E-state index is 0.254. The minimum Gasteiger partial charge on any atom is -0.376 e. The van der Waals surface area contributed by atoms with Gasteiger partial charge in [0.1, 0.15) is 11.6 Å². The van der Waals surface area contributed by atoms with Crippen molar-refractivity contribution in [1.82, 2.24) is 15.3 Å². The van der Waals surface area contributed by atoms with Gasteiger partial charge in [-0.05, 0) is 50.7 Å². The Bertz CT molecular complexity index is 652. The molecule has 0 aromatic carbocycles. The number of nitrogens with one attached hydrogen (secondary N) is 2. The topological polar surface area (TPSA) is 65.6 Å². The van der Waals surface area contributed by atoms with Crippen molar-refractivity contribution in [2.24, 2.45) is 0 Å². The van der Waals surface area contributed by atoms with Crippen molar-refractivity contribution in [3.05, 3.63) is 6.07 Å². The molecule has 0 unspecified atom stereocenters. The molecule has 28 heavy (non-hydrogen) atoms. The summed E-state index contributed by atoms with van der Waals surface area (Å²) in [4.78, 5) is 14.3. The van der Waals surface area contributed by atoms with E-state index in [0.717, 1.165) is 63.8 Å². The first-order valence-corrected chi connectivity index (χ1v) is 11.2. The maximum absolute atomic E-state index is 5.66. The van der Waals surface area contributed by atoms with E-state index in [1.54, 1.807) is 0 Å². The predicted molar refractivity (Wildman–Crippen MR) is 117 cm³/mol. The minimum atomic E-state index is 0.254. The molecule has 8 heteroatoms. The molecule has 1 aromatic heterocycles. The lowest BCUT2D eigenvalue weighted by Crippen LogP contribution is -2.35. The maximum Gasteiger partial charge on any atom is 0.232 e. The molecule has 3 fully saturated rings. The first-order chi connectivity index (χ1) is 13.8. The van der Waals surface area contributed by atoms with E-state index in [1.807, 2.05) is 0 Å². The summed E-state index contributed by atoms with van der Waals surface area (Å²) in [6.07, 6.45) is 10.0. The van der Waals surface area contributed by atoms with Crippen molar-refractivity contribution in [2.75, 3.05) is 54.4 Å². The molecule has 154 valence electrons. The van der Waals surface area contributed by atoms with Gasteiger partial charge in [-0.2, -0.15) is 9.97 Å². The smallest absolute Gasteiger partial charge is 0.232 e. The molecule has 0 amide bonds. The molecule has 7 nitrogen and oxygen atoms in total. The summed E-state index contributed by atoms with van der Waals surface area (Å²) in [5.41, 5.74) is 0. The molecule has 3 aliphatic rings. The van der Waals surface area contributed by atoms with Crippen LogP contribution < -0.4 is 20.4 Å². The van der Waals surface area contributed by atoms with Gasteiger partial charge >= 0.3 is 0 Å². The van der Waals surface area contributed by atoms with Crippen LogP contribution in [0.1, 0.15) is 51.4 Å². The standard InChI is InChI=1S/C20H32N6OS/c28-20(21-15-16-8-7-13-27-16)24-19-22-17(25-9-3-1-2-4-10-25)14-18(23-19)26-11-5-6-12-26/h14,16H,1-13,15H2,(H2,21,22,23,24,28)/t16-/m1/s1. The molecular weight excluding hydrogens is 372 g/mol. The zero-order valence-electron chi connectivity index (χ0n) is 16.7. The first-order valence-electron chi connectivity index (χ1n) is 10.8. The van der Waals surface area contributed by atoms with Crippen molar-refractivity contribution in [3.63, 3.8) is 0 Å². The van der Waals surface area contributed by atoms with E-state index >= 15 is 0 Å². The van der Waals surface area contributed by atoms with Crippen LogP contribution in [0.15, 0.2) is 6.07 Å². The molecule has 4 rings (SSSR count). The third kappa shape index (κ3) is 5.23. The quantitative estimate of drug-likeness (QED) is 0.727. The molecule has 0 radical (unpaired) electrons. The average molecular weight is 405 g/mol. The second-order valence-corrected chi connectivity index (χ2v) is 8.38. The summed E-state index contributed by atoms with van der Waals surface area (Å²) in [5.74, 6) is 2.62. The van der Waals surface area contributed by atoms with E-state index in [9.17, 15) is 0 Å². The number of nitrogens with zero attached hydrogens (tertiary/aromatic N) is 4. The lowest BCUT2D eigenvalue weighted by atomic mass is 10.2. The second kappa shape index (κ2) is 9.69. The van der Waals surface area contributed by atoms with Gasteiger partial charge in [-0.3, -0.25) is 0 Å². The fourth-order valence-corrected chi connectivity index (χ4v) is 4.38. The molecule has 1 aromatic rings. The summed E-state index contributed by atoms with van der Waals surface area (Å²) in [5, 5.41) is 7.04. The van der Waals surface area contributed by atoms with Gasteiger partial charge in [0.25, 0.3) is 0 Å². The average Bonchev–Trinajstić information content (AvgIpc) is 3.36. The molecule has 0 aliphatic carbocycles. The first kappa shape index (κ1) is 19.6. The molecular formula is C20H32N6OS. The Balaban J connectivity index is 1.46. The molecule has 0 spiro atoms. The van der Waals surface area contributed by atoms with E-state index in [0.29, 0.717) is 11.1 Å². The van der Waals surface area contributed by atoms with E-state index < -0.39 is 0 Å². The van der Waals surface area contributed by atoms with Gasteiger partial charge in [0, 0.05) is 45.4 Å². The Morgan fingerprint density at radius 3 is 2.14 bits per heavy atom. The van der Waals surface area contributed by atoms with Crippen LogP contribution in [0.5, 0.6) is 0 Å². The van der Waals surface area contributed by atoms with Crippen LogP contribution in [0, 0.1) is 0 Å². The number of aromatic nitrogens is 2. The highest BCUT2D eigenvalue weighted by atomic mass is 32.1. The van der Waals surface area contributed by atoms with Gasteiger partial charge in [0.05, 0.1) is 6.10 Å². The molecule has 2 N–H and O–H groups in total. The summed E-state index contributed by atoms with van der Waals surface area (Å²) >= 11 is 5.49. The van der Waals surface area contributed by atoms with Crippen molar-refractivity contribution in [2.45, 2.75) is 57.5 Å². The maximum atomic E-state index is 5.66. The molecule has 4 heterocycles. The normalized spacial score (nSPS) is 22.9. The highest BCUT2D eigenvalue weighted by molar-refractivity contribution is 7.80. The van der Waals surface area contributed by atoms with Gasteiger partial charge in [0.15, 0.2) is 5.11 Å². The second-order valence-electron chi connectivity index (χ2n) is 7.97. The van der Waals surface area contributed by atoms with Crippen LogP contribution >= 0.6 is 12.2 Å². The van der Waals surface area contributed by atoms with Crippen LogP contribution in [0.4, 0.5) is 17.6 Å². The van der Waals surface area contributed by atoms with Gasteiger partial charge < -0.3 is 25.2 Å². The molecule has 1 atom stereocenters. The zero-order chi connectivity index (χ0) is 19.2. The van der Waals surface area contributed by atoms with Crippen LogP contribution in [0.2, 0.25) is 0 Å². The highest BCUT2D eigenvalue weighted by Gasteiger charge is 2.20. The van der Waals surface area contributed by atoms with Gasteiger partial charge in [-0.25, -0.2) is 0 Å². The van der Waals surface area contributed by atoms with Gasteiger partial charge in [-0.1, -0.05) is 12.8 Å². The Labute approximate surface area is 173 Å². The van der Waals surface area contributed by atoms with Gasteiger partial charge in [-0.15, -0.1) is 0 Å². The van der Waals surface area contributed by atoms with Crippen molar-refractivity contribution in [1.29, 1.82) is 0 Å². The third-order valence-corrected chi connectivity index (χ3v) is 6.05. The van der Waals surface area contributed by atoms with Crippen molar-refractivity contribution in [3.8, 4) is 0 Å². The summed E-state index contributed by atoms with van der Waals surface area (Å²) in [7, 11) is 0. The summed E-state index contributed by atoms with van der Waals surface area (Å²) in [6, 6.07) is 2.16. The summed E-state index contributed by atoms with van der Waals surface area (Å²) < 4.78 is 5.66. The van der Waals surface area contributed by atoms with Crippen LogP contribution in [0.25, 0.3) is 0 Å². The number of ether oxygens (including phenoxy) is 1. The van der Waals surface area contributed by atoms with E-state index in [1.165, 1.54) is 38.5 Å². The van der Waals surface area contributed by atoms with Crippen LogP contribution in [-0.4, -0.2) is 60.5 Å². The van der Waals surface area contributed by atoms with E-state index in [4.69, 9.17) is 26.9 Å². The van der Waals surface area contributed by atoms with Gasteiger partial charge in [0.2, 0.25) is 5.95 Å². The Morgan fingerprint density at radius 1 is 0.964 bits per heavy atom. The SMILES string of the molecule is S=C(NC[C@H]1CCCO1)Nc1nc(N2CCCCCC2)cc(N2CCCC2)n1. The fourth-order valence-electron chi connectivity index (χ4n) is 4.21. The van der Waals surface area contributed by atoms with Crippen molar-refractivity contribution < 1.29 is 4.74 Å². The number of thiocarbonyl (C=S) groups is 1. The van der Waals surface area contributed by atoms with E-state index in [2.05, 4.69) is 26.5 Å². The van der Waals surface area contributed by atoms with E-state index in [-0.39, 0.29) is 6.10 Å². The van der Waals surface area contributed by atoms with Crippen molar-refractivity contribution >= 4 is 34.9 Å². The lowest BCUT2D eigenvalue weighted by Gasteiger charge is -2.25.